The van der Waals surface area contributed by atoms with Gasteiger partial charge in [0.1, 0.15) is 5.25 Å². The van der Waals surface area contributed by atoms with Crippen LogP contribution in [0.5, 0.6) is 0 Å². The Hall–Kier alpha value is -0.960. The number of rotatable bonds is 3. The molecule has 15 heavy (non-hydrogen) atoms. The predicted octanol–water partition coefficient (Wildman–Crippen LogP) is 3.18. The zero-order valence-electron chi connectivity index (χ0n) is 9.50. The predicted molar refractivity (Wildman–Crippen MR) is 63.6 cm³/mol. The van der Waals surface area contributed by atoms with Crippen molar-refractivity contribution in [2.45, 2.75) is 37.8 Å². The van der Waals surface area contributed by atoms with Crippen molar-refractivity contribution in [3.63, 3.8) is 0 Å². The fourth-order valence-corrected chi connectivity index (χ4v) is 2.27. The van der Waals surface area contributed by atoms with Crippen LogP contribution in [0.25, 0.3) is 0 Å². The van der Waals surface area contributed by atoms with Crippen LogP contribution in [-0.4, -0.2) is 16.3 Å². The lowest BCUT2D eigenvalue weighted by atomic mass is 10.1. The third kappa shape index (κ3) is 2.99. The summed E-state index contributed by atoms with van der Waals surface area (Å²) in [5, 5.41) is 8.44. The average Bonchev–Trinajstić information content (AvgIpc) is 2.13. The van der Waals surface area contributed by atoms with E-state index in [1.165, 1.54) is 22.9 Å². The molecule has 1 aromatic rings. The average molecular weight is 224 g/mol. The molecule has 1 atom stereocenters. The van der Waals surface area contributed by atoms with Crippen LogP contribution in [0.15, 0.2) is 17.0 Å². The number of benzene rings is 1. The highest BCUT2D eigenvalue weighted by Gasteiger charge is 2.14. The van der Waals surface area contributed by atoms with Gasteiger partial charge in [0.15, 0.2) is 0 Å². The molecule has 0 heterocycles. The monoisotopic (exact) mass is 224 g/mol. The number of hydrogen-bond donors (Lipinski definition) is 1. The maximum absolute atomic E-state index is 10.7. The fourth-order valence-electron chi connectivity index (χ4n) is 1.30. The second-order valence-corrected chi connectivity index (χ2v) is 5.18. The summed E-state index contributed by atoms with van der Waals surface area (Å²) in [7, 11) is 0. The lowest BCUT2D eigenvalue weighted by Crippen LogP contribution is -2.11. The maximum Gasteiger partial charge on any atom is 0.316 e. The first-order chi connectivity index (χ1) is 6.91. The second-order valence-electron chi connectivity index (χ2n) is 3.80. The summed E-state index contributed by atoms with van der Waals surface area (Å²) in [6, 6.07) is 4.17. The fraction of sp³-hybridized carbons (Fsp3) is 0.417. The number of thioether (sulfide) groups is 1. The van der Waals surface area contributed by atoms with Gasteiger partial charge < -0.3 is 5.11 Å². The zero-order valence-corrected chi connectivity index (χ0v) is 10.3. The molecule has 0 radical (unpaired) electrons. The van der Waals surface area contributed by atoms with Crippen molar-refractivity contribution >= 4 is 17.7 Å². The Morgan fingerprint density at radius 3 is 2.27 bits per heavy atom. The Balaban J connectivity index is 2.95. The van der Waals surface area contributed by atoms with Crippen LogP contribution in [0, 0.1) is 20.8 Å². The standard InChI is InChI=1S/C12H16O2S/c1-7-5-9(3)11(6-8(7)2)15-10(4)12(13)14/h5-6,10H,1-4H3,(H,13,14). The van der Waals surface area contributed by atoms with Gasteiger partial charge in [-0.25, -0.2) is 0 Å². The van der Waals surface area contributed by atoms with Gasteiger partial charge in [0.05, 0.1) is 0 Å². The minimum atomic E-state index is -0.766. The molecule has 0 aromatic heterocycles. The minimum Gasteiger partial charge on any atom is -0.480 e. The van der Waals surface area contributed by atoms with Gasteiger partial charge in [-0.3, -0.25) is 4.79 Å². The first-order valence-corrected chi connectivity index (χ1v) is 5.77. The molecular formula is C12H16O2S. The van der Waals surface area contributed by atoms with E-state index in [9.17, 15) is 4.79 Å². The van der Waals surface area contributed by atoms with Gasteiger partial charge in [-0.05, 0) is 50.5 Å². The molecule has 0 bridgehead atoms. The largest absolute Gasteiger partial charge is 0.480 e. The van der Waals surface area contributed by atoms with Gasteiger partial charge in [-0.15, -0.1) is 11.8 Å². The first kappa shape index (κ1) is 12.1. The first-order valence-electron chi connectivity index (χ1n) is 4.89. The van der Waals surface area contributed by atoms with Crippen LogP contribution in [0.3, 0.4) is 0 Å². The molecule has 0 aliphatic heterocycles. The highest BCUT2D eigenvalue weighted by molar-refractivity contribution is 8.00. The molecule has 0 saturated carbocycles. The van der Waals surface area contributed by atoms with E-state index < -0.39 is 11.2 Å². The Morgan fingerprint density at radius 1 is 1.20 bits per heavy atom. The van der Waals surface area contributed by atoms with Crippen molar-refractivity contribution in [1.82, 2.24) is 0 Å². The summed E-state index contributed by atoms with van der Waals surface area (Å²) < 4.78 is 0. The topological polar surface area (TPSA) is 37.3 Å². The van der Waals surface area contributed by atoms with E-state index in [1.54, 1.807) is 6.92 Å². The van der Waals surface area contributed by atoms with Crippen molar-refractivity contribution < 1.29 is 9.90 Å². The summed E-state index contributed by atoms with van der Waals surface area (Å²) in [4.78, 5) is 11.8. The van der Waals surface area contributed by atoms with E-state index in [1.807, 2.05) is 13.8 Å². The second kappa shape index (κ2) is 4.71. The molecule has 1 rings (SSSR count). The van der Waals surface area contributed by atoms with Gasteiger partial charge in [0.2, 0.25) is 0 Å². The molecule has 0 amide bonds. The zero-order chi connectivity index (χ0) is 11.6. The van der Waals surface area contributed by atoms with Gasteiger partial charge >= 0.3 is 5.97 Å². The lowest BCUT2D eigenvalue weighted by Gasteiger charge is -2.11. The summed E-state index contributed by atoms with van der Waals surface area (Å²) in [6.07, 6.45) is 0. The van der Waals surface area contributed by atoms with Crippen LogP contribution in [-0.2, 0) is 4.79 Å². The molecule has 1 N–H and O–H groups in total. The summed E-state index contributed by atoms with van der Waals surface area (Å²) >= 11 is 1.40. The summed E-state index contributed by atoms with van der Waals surface area (Å²) in [5.74, 6) is -0.766. The quantitative estimate of drug-likeness (QED) is 0.801. The molecule has 3 heteroatoms. The molecule has 0 saturated heterocycles. The van der Waals surface area contributed by atoms with E-state index in [0.29, 0.717) is 0 Å². The number of carboxylic acid groups (broad SMARTS) is 1. The summed E-state index contributed by atoms with van der Waals surface area (Å²) in [5.41, 5.74) is 3.61. The third-order valence-electron chi connectivity index (χ3n) is 2.44. The van der Waals surface area contributed by atoms with Crippen LogP contribution >= 0.6 is 11.8 Å². The molecule has 82 valence electrons. The SMILES string of the molecule is Cc1cc(C)c(SC(C)C(=O)O)cc1C. The van der Waals surface area contributed by atoms with E-state index in [0.717, 1.165) is 10.5 Å². The molecular weight excluding hydrogens is 208 g/mol. The smallest absolute Gasteiger partial charge is 0.316 e. The summed E-state index contributed by atoms with van der Waals surface area (Å²) in [6.45, 7) is 7.84. The Kier molecular flexibility index (Phi) is 3.80. The number of aliphatic carboxylic acids is 1. The third-order valence-corrected chi connectivity index (χ3v) is 3.69. The number of carbonyl (C=O) groups is 1. The lowest BCUT2D eigenvalue weighted by molar-refractivity contribution is -0.136. The Bertz CT molecular complexity index is 385. The molecule has 1 aromatic carbocycles. The molecule has 0 aliphatic rings. The van der Waals surface area contributed by atoms with Crippen LogP contribution in [0.4, 0.5) is 0 Å². The van der Waals surface area contributed by atoms with E-state index in [2.05, 4.69) is 19.1 Å². The van der Waals surface area contributed by atoms with Crippen molar-refractivity contribution in [2.75, 3.05) is 0 Å². The Labute approximate surface area is 94.7 Å². The molecule has 0 fully saturated rings. The molecule has 1 unspecified atom stereocenters. The van der Waals surface area contributed by atoms with Crippen molar-refractivity contribution in [2.24, 2.45) is 0 Å². The highest BCUT2D eigenvalue weighted by atomic mass is 32.2. The van der Waals surface area contributed by atoms with E-state index in [-0.39, 0.29) is 0 Å². The molecule has 2 nitrogen and oxygen atoms in total. The number of aryl methyl sites for hydroxylation is 3. The highest BCUT2D eigenvalue weighted by Crippen LogP contribution is 2.28. The van der Waals surface area contributed by atoms with Crippen LogP contribution in [0.1, 0.15) is 23.6 Å². The van der Waals surface area contributed by atoms with Gasteiger partial charge in [0, 0.05) is 4.90 Å². The van der Waals surface area contributed by atoms with Crippen molar-refractivity contribution in [3.05, 3.63) is 28.8 Å². The maximum atomic E-state index is 10.7. The van der Waals surface area contributed by atoms with Gasteiger partial charge in [-0.1, -0.05) is 6.07 Å². The van der Waals surface area contributed by atoms with Gasteiger partial charge in [-0.2, -0.15) is 0 Å². The van der Waals surface area contributed by atoms with Crippen LogP contribution < -0.4 is 0 Å². The molecule has 0 aliphatic carbocycles. The Morgan fingerprint density at radius 2 is 1.73 bits per heavy atom. The normalized spacial score (nSPS) is 12.5. The van der Waals surface area contributed by atoms with Crippen molar-refractivity contribution in [1.29, 1.82) is 0 Å². The van der Waals surface area contributed by atoms with Crippen molar-refractivity contribution in [3.8, 4) is 0 Å². The van der Waals surface area contributed by atoms with E-state index in [4.69, 9.17) is 5.11 Å². The van der Waals surface area contributed by atoms with E-state index >= 15 is 0 Å². The number of carboxylic acids is 1. The molecule has 0 spiro atoms. The minimum absolute atomic E-state index is 0.397. The van der Waals surface area contributed by atoms with Crippen LogP contribution in [0.2, 0.25) is 0 Å². The number of hydrogen-bond acceptors (Lipinski definition) is 2. The van der Waals surface area contributed by atoms with Gasteiger partial charge in [0.25, 0.3) is 0 Å².